The zero-order valence-corrected chi connectivity index (χ0v) is 14.5. The molecular weight excluding hydrogens is 334 g/mol. The number of nitrogens with one attached hydrogen (secondary N) is 1. The lowest BCUT2D eigenvalue weighted by Gasteiger charge is -2.05. The van der Waals surface area contributed by atoms with Crippen LogP contribution in [0.1, 0.15) is 5.56 Å². The number of benzene rings is 2. The highest BCUT2D eigenvalue weighted by Gasteiger charge is 2.02. The molecule has 0 bridgehead atoms. The third kappa shape index (κ3) is 6.77. The van der Waals surface area contributed by atoms with Gasteiger partial charge in [0.15, 0.2) is 0 Å². The van der Waals surface area contributed by atoms with Crippen LogP contribution >= 0.6 is 35.1 Å². The summed E-state index contributed by atoms with van der Waals surface area (Å²) in [6, 6.07) is 17.9. The summed E-state index contributed by atoms with van der Waals surface area (Å²) < 4.78 is 0. The van der Waals surface area contributed by atoms with Crippen LogP contribution in [0.5, 0.6) is 0 Å². The summed E-state index contributed by atoms with van der Waals surface area (Å²) in [6.45, 7) is 0.679. The van der Waals surface area contributed by atoms with E-state index >= 15 is 0 Å². The van der Waals surface area contributed by atoms with Gasteiger partial charge in [-0.05, 0) is 29.8 Å². The van der Waals surface area contributed by atoms with E-state index in [9.17, 15) is 4.79 Å². The summed E-state index contributed by atoms with van der Waals surface area (Å²) >= 11 is 9.19. The van der Waals surface area contributed by atoms with Gasteiger partial charge in [0, 0.05) is 28.0 Å². The Kier molecular flexibility index (Phi) is 7.71. The van der Waals surface area contributed by atoms with E-state index in [1.165, 1.54) is 5.56 Å². The highest BCUT2D eigenvalue weighted by Crippen LogP contribution is 2.19. The van der Waals surface area contributed by atoms with Crippen molar-refractivity contribution < 1.29 is 4.79 Å². The van der Waals surface area contributed by atoms with Gasteiger partial charge < -0.3 is 5.32 Å². The van der Waals surface area contributed by atoms with E-state index in [0.29, 0.717) is 12.3 Å². The largest absolute Gasteiger partial charge is 0.355 e. The molecule has 2 aromatic rings. The summed E-state index contributed by atoms with van der Waals surface area (Å²) in [6.07, 6.45) is 0. The van der Waals surface area contributed by atoms with Crippen LogP contribution in [0.15, 0.2) is 59.5 Å². The lowest BCUT2D eigenvalue weighted by atomic mass is 10.2. The number of hydrogen-bond acceptors (Lipinski definition) is 3. The molecule has 5 heteroatoms. The number of amides is 1. The minimum Gasteiger partial charge on any atom is -0.355 e. The van der Waals surface area contributed by atoms with Gasteiger partial charge in [-0.1, -0.05) is 41.9 Å². The molecule has 2 aromatic carbocycles. The van der Waals surface area contributed by atoms with Crippen molar-refractivity contribution in [2.24, 2.45) is 0 Å². The van der Waals surface area contributed by atoms with Gasteiger partial charge >= 0.3 is 0 Å². The molecule has 0 aromatic heterocycles. The van der Waals surface area contributed by atoms with Gasteiger partial charge in [-0.2, -0.15) is 0 Å². The third-order valence-corrected chi connectivity index (χ3v) is 5.12. The summed E-state index contributed by atoms with van der Waals surface area (Å²) in [5, 5.41) is 3.69. The molecule has 0 aliphatic rings. The number of thioether (sulfide) groups is 2. The van der Waals surface area contributed by atoms with Crippen molar-refractivity contribution in [2.75, 3.05) is 18.1 Å². The molecule has 116 valence electrons. The number of rotatable bonds is 8. The number of hydrogen-bond donors (Lipinski definition) is 1. The van der Waals surface area contributed by atoms with Gasteiger partial charge in [-0.3, -0.25) is 4.79 Å². The molecule has 0 unspecified atom stereocenters. The highest BCUT2D eigenvalue weighted by atomic mass is 35.5. The second kappa shape index (κ2) is 9.82. The van der Waals surface area contributed by atoms with Crippen LogP contribution in [0.2, 0.25) is 5.02 Å². The zero-order valence-electron chi connectivity index (χ0n) is 12.1. The smallest absolute Gasteiger partial charge is 0.230 e. The minimum absolute atomic E-state index is 0.0950. The molecule has 22 heavy (non-hydrogen) atoms. The maximum atomic E-state index is 11.7. The van der Waals surface area contributed by atoms with Crippen LogP contribution < -0.4 is 5.32 Å². The summed E-state index contributed by atoms with van der Waals surface area (Å²) in [4.78, 5) is 12.9. The molecule has 0 fully saturated rings. The number of halogens is 1. The first kappa shape index (κ1) is 17.3. The van der Waals surface area contributed by atoms with Gasteiger partial charge in [0.05, 0.1) is 5.75 Å². The van der Waals surface area contributed by atoms with E-state index in [1.807, 2.05) is 42.5 Å². The Hall–Kier alpha value is -1.10. The lowest BCUT2D eigenvalue weighted by molar-refractivity contribution is -0.118. The van der Waals surface area contributed by atoms with Crippen molar-refractivity contribution in [2.45, 2.75) is 10.6 Å². The first-order valence-electron chi connectivity index (χ1n) is 7.01. The van der Waals surface area contributed by atoms with Crippen LogP contribution in [-0.2, 0) is 10.5 Å². The second-order valence-corrected chi connectivity index (χ2v) is 7.22. The number of carbonyl (C=O) groups is 1. The molecule has 0 saturated heterocycles. The normalized spacial score (nSPS) is 10.4. The van der Waals surface area contributed by atoms with E-state index in [4.69, 9.17) is 11.6 Å². The molecule has 1 amide bonds. The summed E-state index contributed by atoms with van der Waals surface area (Å²) in [5.74, 6) is 2.32. The van der Waals surface area contributed by atoms with E-state index < -0.39 is 0 Å². The average Bonchev–Trinajstić information content (AvgIpc) is 2.54. The van der Waals surface area contributed by atoms with Crippen LogP contribution in [0.3, 0.4) is 0 Å². The predicted molar refractivity (Wildman–Crippen MR) is 97.8 cm³/mol. The number of carbonyl (C=O) groups excluding carboxylic acids is 1. The van der Waals surface area contributed by atoms with Gasteiger partial charge in [0.25, 0.3) is 0 Å². The van der Waals surface area contributed by atoms with Crippen molar-refractivity contribution in [1.82, 2.24) is 5.32 Å². The van der Waals surface area contributed by atoms with E-state index in [1.54, 1.807) is 23.5 Å². The fourth-order valence-corrected chi connectivity index (χ4v) is 3.49. The van der Waals surface area contributed by atoms with Gasteiger partial charge in [0.2, 0.25) is 5.91 Å². The van der Waals surface area contributed by atoms with Crippen molar-refractivity contribution in [3.8, 4) is 0 Å². The standard InChI is InChI=1S/C17H18ClNOS2/c18-15-6-8-16(9-7-15)22-11-10-19-17(20)13-21-12-14-4-2-1-3-5-14/h1-9H,10-13H2,(H,19,20). The first-order valence-corrected chi connectivity index (χ1v) is 9.52. The van der Waals surface area contributed by atoms with Crippen molar-refractivity contribution in [3.05, 3.63) is 65.2 Å². The molecule has 0 saturated carbocycles. The highest BCUT2D eigenvalue weighted by molar-refractivity contribution is 7.99. The molecule has 1 N–H and O–H groups in total. The lowest BCUT2D eigenvalue weighted by Crippen LogP contribution is -2.27. The van der Waals surface area contributed by atoms with Crippen molar-refractivity contribution in [1.29, 1.82) is 0 Å². The molecule has 2 rings (SSSR count). The topological polar surface area (TPSA) is 29.1 Å². The molecular formula is C17H18ClNOS2. The quantitative estimate of drug-likeness (QED) is 0.561. The van der Waals surface area contributed by atoms with Crippen LogP contribution in [0, 0.1) is 0 Å². The Morgan fingerprint density at radius 1 is 1.05 bits per heavy atom. The first-order chi connectivity index (χ1) is 10.7. The molecule has 0 radical (unpaired) electrons. The molecule has 2 nitrogen and oxygen atoms in total. The fraction of sp³-hybridized carbons (Fsp3) is 0.235. The molecule has 0 aliphatic heterocycles. The van der Waals surface area contributed by atoms with E-state index in [-0.39, 0.29) is 5.91 Å². The SMILES string of the molecule is O=C(CSCc1ccccc1)NCCSc1ccc(Cl)cc1. The Morgan fingerprint density at radius 2 is 1.77 bits per heavy atom. The van der Waals surface area contributed by atoms with Crippen LogP contribution in [0.25, 0.3) is 0 Å². The van der Waals surface area contributed by atoms with Gasteiger partial charge in [0.1, 0.15) is 0 Å². The van der Waals surface area contributed by atoms with E-state index in [2.05, 4.69) is 17.4 Å². The van der Waals surface area contributed by atoms with Gasteiger partial charge in [-0.25, -0.2) is 0 Å². The Bertz CT molecular complexity index is 575. The maximum absolute atomic E-state index is 11.7. The molecule has 0 spiro atoms. The molecule has 0 atom stereocenters. The monoisotopic (exact) mass is 351 g/mol. The Morgan fingerprint density at radius 3 is 2.50 bits per heavy atom. The van der Waals surface area contributed by atoms with Gasteiger partial charge in [-0.15, -0.1) is 23.5 Å². The van der Waals surface area contributed by atoms with Crippen molar-refractivity contribution in [3.63, 3.8) is 0 Å². The zero-order chi connectivity index (χ0) is 15.6. The fourth-order valence-electron chi connectivity index (χ4n) is 1.78. The second-order valence-electron chi connectivity index (χ2n) is 4.63. The molecule has 0 heterocycles. The average molecular weight is 352 g/mol. The third-order valence-electron chi connectivity index (χ3n) is 2.85. The Labute approximate surface area is 145 Å². The maximum Gasteiger partial charge on any atom is 0.230 e. The predicted octanol–water partition coefficient (Wildman–Crippen LogP) is 4.48. The van der Waals surface area contributed by atoms with Crippen LogP contribution in [-0.4, -0.2) is 24.0 Å². The Balaban J connectivity index is 1.55. The van der Waals surface area contributed by atoms with Crippen molar-refractivity contribution >= 4 is 41.0 Å². The molecule has 0 aliphatic carbocycles. The summed E-state index contributed by atoms with van der Waals surface area (Å²) in [7, 11) is 0. The summed E-state index contributed by atoms with van der Waals surface area (Å²) in [5.41, 5.74) is 1.25. The van der Waals surface area contributed by atoms with E-state index in [0.717, 1.165) is 21.4 Å². The minimum atomic E-state index is 0.0950. The van der Waals surface area contributed by atoms with Crippen LogP contribution in [0.4, 0.5) is 0 Å².